The Labute approximate surface area is 153 Å². The second-order valence-corrected chi connectivity index (χ2v) is 7.45. The van der Waals surface area contributed by atoms with E-state index in [1.165, 1.54) is 17.0 Å². The van der Waals surface area contributed by atoms with Crippen molar-refractivity contribution in [3.8, 4) is 5.75 Å². The van der Waals surface area contributed by atoms with Gasteiger partial charge in [0.25, 0.3) is 5.91 Å². The molecule has 0 spiro atoms. The van der Waals surface area contributed by atoms with Crippen molar-refractivity contribution in [2.24, 2.45) is 0 Å². The summed E-state index contributed by atoms with van der Waals surface area (Å²) in [7, 11) is 0. The molecule has 134 valence electrons. The van der Waals surface area contributed by atoms with E-state index in [9.17, 15) is 13.6 Å². The van der Waals surface area contributed by atoms with E-state index in [4.69, 9.17) is 11.6 Å². The SMILES string of the molecule is O=C(c1ccccc1OC(F)F)N1CCN(Cc2ccc(Cl)s2)CC1. The first-order chi connectivity index (χ1) is 12.0. The normalized spacial score (nSPS) is 15.6. The lowest BCUT2D eigenvalue weighted by Crippen LogP contribution is -2.48. The fourth-order valence-corrected chi connectivity index (χ4v) is 3.91. The summed E-state index contributed by atoms with van der Waals surface area (Å²) in [5.74, 6) is -0.367. The van der Waals surface area contributed by atoms with Crippen molar-refractivity contribution >= 4 is 28.8 Å². The molecule has 0 saturated carbocycles. The molecule has 0 N–H and O–H groups in total. The third-order valence-electron chi connectivity index (χ3n) is 4.00. The molecule has 8 heteroatoms. The predicted molar refractivity (Wildman–Crippen MR) is 93.6 cm³/mol. The van der Waals surface area contributed by atoms with E-state index in [0.717, 1.165) is 24.0 Å². The largest absolute Gasteiger partial charge is 0.434 e. The molecule has 0 bridgehead atoms. The molecule has 2 heterocycles. The molecule has 0 unspecified atom stereocenters. The van der Waals surface area contributed by atoms with Gasteiger partial charge in [-0.1, -0.05) is 23.7 Å². The average molecular weight is 387 g/mol. The van der Waals surface area contributed by atoms with Crippen LogP contribution in [0.1, 0.15) is 15.2 Å². The van der Waals surface area contributed by atoms with Crippen molar-refractivity contribution in [1.29, 1.82) is 0 Å². The van der Waals surface area contributed by atoms with Crippen LogP contribution in [-0.4, -0.2) is 48.5 Å². The van der Waals surface area contributed by atoms with Crippen molar-refractivity contribution in [1.82, 2.24) is 9.80 Å². The smallest absolute Gasteiger partial charge is 0.387 e. The number of para-hydroxylation sites is 1. The molecule has 1 saturated heterocycles. The molecule has 2 aromatic rings. The quantitative estimate of drug-likeness (QED) is 0.779. The molecule has 1 aliphatic heterocycles. The lowest BCUT2D eigenvalue weighted by atomic mass is 10.1. The Kier molecular flexibility index (Phi) is 5.88. The molecule has 1 aromatic carbocycles. The van der Waals surface area contributed by atoms with Crippen LogP contribution in [0, 0.1) is 0 Å². The number of amides is 1. The number of carbonyl (C=O) groups is 1. The van der Waals surface area contributed by atoms with Crippen LogP contribution in [0.2, 0.25) is 4.34 Å². The second kappa shape index (κ2) is 8.12. The number of nitrogens with zero attached hydrogens (tertiary/aromatic N) is 2. The zero-order chi connectivity index (χ0) is 17.8. The Balaban J connectivity index is 1.60. The van der Waals surface area contributed by atoms with Gasteiger partial charge >= 0.3 is 6.61 Å². The molecular weight excluding hydrogens is 370 g/mol. The van der Waals surface area contributed by atoms with Gasteiger partial charge in [-0.2, -0.15) is 8.78 Å². The Bertz CT molecular complexity index is 733. The zero-order valence-corrected chi connectivity index (χ0v) is 14.9. The van der Waals surface area contributed by atoms with Crippen LogP contribution in [0.5, 0.6) is 5.75 Å². The van der Waals surface area contributed by atoms with Gasteiger partial charge in [-0.25, -0.2) is 0 Å². The van der Waals surface area contributed by atoms with Crippen LogP contribution in [0.4, 0.5) is 8.78 Å². The van der Waals surface area contributed by atoms with Crippen LogP contribution in [-0.2, 0) is 6.54 Å². The molecule has 1 aliphatic rings. The summed E-state index contributed by atoms with van der Waals surface area (Å²) in [6, 6.07) is 9.99. The van der Waals surface area contributed by atoms with Crippen LogP contribution in [0.15, 0.2) is 36.4 Å². The number of halogens is 3. The first-order valence-corrected chi connectivity index (χ1v) is 9.02. The Morgan fingerprint density at radius 1 is 1.16 bits per heavy atom. The molecule has 0 atom stereocenters. The number of hydrogen-bond acceptors (Lipinski definition) is 4. The van der Waals surface area contributed by atoms with Gasteiger partial charge < -0.3 is 9.64 Å². The Hall–Kier alpha value is -1.70. The lowest BCUT2D eigenvalue weighted by molar-refractivity contribution is -0.0503. The first kappa shape index (κ1) is 18.1. The van der Waals surface area contributed by atoms with E-state index in [1.807, 2.05) is 12.1 Å². The standard InChI is InChI=1S/C17H17ClF2N2O2S/c18-15-6-5-12(25-15)11-21-7-9-22(10-8-21)16(23)13-3-1-2-4-14(13)24-17(19)20/h1-6,17H,7-11H2. The number of ether oxygens (including phenoxy) is 1. The second-order valence-electron chi connectivity index (χ2n) is 5.65. The van der Waals surface area contributed by atoms with E-state index in [-0.39, 0.29) is 17.2 Å². The number of alkyl halides is 2. The number of hydrogen-bond donors (Lipinski definition) is 0. The van der Waals surface area contributed by atoms with Gasteiger partial charge in [0.2, 0.25) is 0 Å². The molecule has 25 heavy (non-hydrogen) atoms. The number of rotatable bonds is 5. The predicted octanol–water partition coefficient (Wildman–Crippen LogP) is 3.96. The van der Waals surface area contributed by atoms with E-state index in [1.54, 1.807) is 28.4 Å². The van der Waals surface area contributed by atoms with E-state index >= 15 is 0 Å². The minimum absolute atomic E-state index is 0.0850. The Morgan fingerprint density at radius 2 is 1.88 bits per heavy atom. The number of benzene rings is 1. The summed E-state index contributed by atoms with van der Waals surface area (Å²) in [6.07, 6.45) is 0. The highest BCUT2D eigenvalue weighted by molar-refractivity contribution is 7.16. The topological polar surface area (TPSA) is 32.8 Å². The molecule has 0 radical (unpaired) electrons. The zero-order valence-electron chi connectivity index (χ0n) is 13.3. The highest BCUT2D eigenvalue weighted by Crippen LogP contribution is 2.25. The van der Waals surface area contributed by atoms with Gasteiger partial charge in [-0.3, -0.25) is 9.69 Å². The molecular formula is C17H17ClF2N2O2S. The van der Waals surface area contributed by atoms with Gasteiger partial charge in [0.05, 0.1) is 9.90 Å². The minimum atomic E-state index is -2.96. The van der Waals surface area contributed by atoms with Crippen LogP contribution in [0.25, 0.3) is 0 Å². The molecule has 0 aliphatic carbocycles. The first-order valence-electron chi connectivity index (χ1n) is 7.82. The summed E-state index contributed by atoms with van der Waals surface area (Å²) in [5, 5.41) is 0. The fourth-order valence-electron chi connectivity index (χ4n) is 2.78. The van der Waals surface area contributed by atoms with Crippen LogP contribution < -0.4 is 4.74 Å². The summed E-state index contributed by atoms with van der Waals surface area (Å²) in [6.45, 7) is 0.369. The van der Waals surface area contributed by atoms with Gasteiger partial charge in [0.1, 0.15) is 5.75 Å². The minimum Gasteiger partial charge on any atom is -0.434 e. The molecule has 1 fully saturated rings. The summed E-state index contributed by atoms with van der Waals surface area (Å²) in [4.78, 5) is 17.7. The number of piperazine rings is 1. The van der Waals surface area contributed by atoms with Crippen molar-refractivity contribution in [2.45, 2.75) is 13.2 Å². The molecule has 1 amide bonds. The van der Waals surface area contributed by atoms with E-state index in [2.05, 4.69) is 9.64 Å². The third-order valence-corrected chi connectivity index (χ3v) is 5.22. The van der Waals surface area contributed by atoms with Crippen LogP contribution in [0.3, 0.4) is 0 Å². The van der Waals surface area contributed by atoms with Crippen molar-refractivity contribution < 1.29 is 18.3 Å². The molecule has 1 aromatic heterocycles. The van der Waals surface area contributed by atoms with E-state index in [0.29, 0.717) is 13.1 Å². The molecule has 4 nitrogen and oxygen atoms in total. The Morgan fingerprint density at radius 3 is 2.52 bits per heavy atom. The summed E-state index contributed by atoms with van der Waals surface area (Å²) in [5.41, 5.74) is 0.168. The van der Waals surface area contributed by atoms with Gasteiger partial charge in [-0.05, 0) is 24.3 Å². The monoisotopic (exact) mass is 386 g/mol. The summed E-state index contributed by atoms with van der Waals surface area (Å²) >= 11 is 7.49. The number of carbonyl (C=O) groups excluding carboxylic acids is 1. The van der Waals surface area contributed by atoms with Crippen molar-refractivity contribution in [3.05, 3.63) is 51.2 Å². The van der Waals surface area contributed by atoms with Crippen molar-refractivity contribution in [2.75, 3.05) is 26.2 Å². The number of thiophene rings is 1. The maximum absolute atomic E-state index is 12.6. The molecule has 3 rings (SSSR count). The summed E-state index contributed by atoms with van der Waals surface area (Å²) < 4.78 is 30.2. The van der Waals surface area contributed by atoms with Gasteiger partial charge in [0.15, 0.2) is 0 Å². The maximum atomic E-state index is 12.6. The van der Waals surface area contributed by atoms with E-state index < -0.39 is 6.61 Å². The highest BCUT2D eigenvalue weighted by atomic mass is 35.5. The van der Waals surface area contributed by atoms with Gasteiger partial charge in [-0.15, -0.1) is 11.3 Å². The fraction of sp³-hybridized carbons (Fsp3) is 0.353. The maximum Gasteiger partial charge on any atom is 0.387 e. The highest BCUT2D eigenvalue weighted by Gasteiger charge is 2.25. The van der Waals surface area contributed by atoms with Crippen molar-refractivity contribution in [3.63, 3.8) is 0 Å². The lowest BCUT2D eigenvalue weighted by Gasteiger charge is -2.34. The van der Waals surface area contributed by atoms with Crippen LogP contribution >= 0.6 is 22.9 Å². The van der Waals surface area contributed by atoms with Gasteiger partial charge in [0, 0.05) is 37.6 Å². The third kappa shape index (κ3) is 4.68. The average Bonchev–Trinajstić information content (AvgIpc) is 3.00.